The molecule has 1 aliphatic heterocycles. The number of nitrogens with zero attached hydrogens (tertiary/aromatic N) is 4. The molecule has 0 N–H and O–H groups in total. The Morgan fingerprint density at radius 3 is 2.50 bits per heavy atom. The molecule has 4 heterocycles. The van der Waals surface area contributed by atoms with Gasteiger partial charge in [0.1, 0.15) is 5.69 Å². The van der Waals surface area contributed by atoms with Crippen molar-refractivity contribution in [2.24, 2.45) is 0 Å². The molecule has 0 bridgehead atoms. The van der Waals surface area contributed by atoms with E-state index in [9.17, 15) is 9.59 Å². The molecule has 124 valence electrons. The number of fused-ring (bicyclic) bond motifs is 1. The fourth-order valence-corrected chi connectivity index (χ4v) is 3.68. The van der Waals surface area contributed by atoms with Crippen LogP contribution in [0.4, 0.5) is 0 Å². The molecule has 0 saturated carbocycles. The molecule has 0 radical (unpaired) electrons. The molecule has 1 aliphatic rings. The Kier molecular flexibility index (Phi) is 3.61. The quantitative estimate of drug-likeness (QED) is 0.712. The Labute approximate surface area is 142 Å². The van der Waals surface area contributed by atoms with E-state index in [2.05, 4.69) is 4.98 Å². The molecule has 1 fully saturated rings. The van der Waals surface area contributed by atoms with Crippen LogP contribution in [0.5, 0.6) is 0 Å². The van der Waals surface area contributed by atoms with Gasteiger partial charge in [-0.05, 0) is 19.1 Å². The maximum absolute atomic E-state index is 12.6. The fraction of sp³-hybridized carbons (Fsp3) is 0.312. The van der Waals surface area contributed by atoms with E-state index in [0.29, 0.717) is 37.6 Å². The van der Waals surface area contributed by atoms with Gasteiger partial charge in [0.05, 0.1) is 6.26 Å². The molecular formula is C16H16N4O3S. The number of hydrogen-bond acceptors (Lipinski definition) is 5. The standard InChI is InChI=1S/C16H16N4O3S/c1-11-10-24-16-17-12(9-20(11)16)14(21)18-4-6-19(7-5-18)15(22)13-3-2-8-23-13/h2-3,8-10H,4-7H2,1H3. The Bertz CT molecular complexity index is 888. The molecule has 24 heavy (non-hydrogen) atoms. The van der Waals surface area contributed by atoms with Gasteiger partial charge in [0, 0.05) is 43.4 Å². The zero-order chi connectivity index (χ0) is 16.7. The summed E-state index contributed by atoms with van der Waals surface area (Å²) in [6.07, 6.45) is 3.27. The number of piperazine rings is 1. The highest BCUT2D eigenvalue weighted by Gasteiger charge is 2.27. The van der Waals surface area contributed by atoms with Crippen LogP contribution < -0.4 is 0 Å². The van der Waals surface area contributed by atoms with E-state index < -0.39 is 0 Å². The van der Waals surface area contributed by atoms with Gasteiger partial charge in [-0.15, -0.1) is 11.3 Å². The summed E-state index contributed by atoms with van der Waals surface area (Å²) in [6.45, 7) is 3.96. The second-order valence-corrected chi connectivity index (χ2v) is 6.55. The Morgan fingerprint density at radius 1 is 1.17 bits per heavy atom. The van der Waals surface area contributed by atoms with Crippen LogP contribution in [0.15, 0.2) is 34.4 Å². The SMILES string of the molecule is Cc1csc2nc(C(=O)N3CCN(C(=O)c4ccco4)CC3)cn12. The lowest BCUT2D eigenvalue weighted by molar-refractivity contribution is 0.0515. The zero-order valence-electron chi connectivity index (χ0n) is 13.1. The summed E-state index contributed by atoms with van der Waals surface area (Å²) in [4.78, 5) is 33.5. The molecule has 4 rings (SSSR count). The van der Waals surface area contributed by atoms with Gasteiger partial charge in [0.2, 0.25) is 0 Å². The van der Waals surface area contributed by atoms with Crippen LogP contribution in [-0.2, 0) is 0 Å². The fourth-order valence-electron chi connectivity index (χ4n) is 2.83. The van der Waals surface area contributed by atoms with Crippen molar-refractivity contribution < 1.29 is 14.0 Å². The van der Waals surface area contributed by atoms with Crippen LogP contribution >= 0.6 is 11.3 Å². The molecule has 0 aliphatic carbocycles. The van der Waals surface area contributed by atoms with Crippen LogP contribution in [0.1, 0.15) is 26.7 Å². The molecule has 3 aromatic heterocycles. The van der Waals surface area contributed by atoms with Crippen LogP contribution in [-0.4, -0.2) is 57.2 Å². The van der Waals surface area contributed by atoms with Crippen LogP contribution in [0.3, 0.4) is 0 Å². The maximum Gasteiger partial charge on any atom is 0.289 e. The Morgan fingerprint density at radius 2 is 1.88 bits per heavy atom. The number of carbonyl (C=O) groups excluding carboxylic acids is 2. The topological polar surface area (TPSA) is 71.1 Å². The van der Waals surface area contributed by atoms with Gasteiger partial charge in [-0.2, -0.15) is 0 Å². The van der Waals surface area contributed by atoms with Crippen molar-refractivity contribution >= 4 is 28.1 Å². The first-order valence-corrected chi connectivity index (χ1v) is 8.56. The summed E-state index contributed by atoms with van der Waals surface area (Å²) < 4.78 is 7.07. The van der Waals surface area contributed by atoms with Crippen molar-refractivity contribution in [1.82, 2.24) is 19.2 Å². The number of thiazole rings is 1. The average molecular weight is 344 g/mol. The minimum absolute atomic E-state index is 0.0876. The molecule has 7 nitrogen and oxygen atoms in total. The van der Waals surface area contributed by atoms with E-state index >= 15 is 0 Å². The normalized spacial score (nSPS) is 15.2. The van der Waals surface area contributed by atoms with E-state index in [-0.39, 0.29) is 11.8 Å². The highest BCUT2D eigenvalue weighted by atomic mass is 32.1. The third-order valence-corrected chi connectivity index (χ3v) is 5.15. The second kappa shape index (κ2) is 5.79. The van der Waals surface area contributed by atoms with E-state index in [1.807, 2.05) is 16.7 Å². The lowest BCUT2D eigenvalue weighted by atomic mass is 10.2. The van der Waals surface area contributed by atoms with Gasteiger partial charge in [0.15, 0.2) is 10.7 Å². The lowest BCUT2D eigenvalue weighted by Gasteiger charge is -2.33. The van der Waals surface area contributed by atoms with E-state index in [4.69, 9.17) is 4.42 Å². The third kappa shape index (κ3) is 2.48. The van der Waals surface area contributed by atoms with Crippen molar-refractivity contribution in [3.8, 4) is 0 Å². The molecule has 8 heteroatoms. The minimum Gasteiger partial charge on any atom is -0.459 e. The summed E-state index contributed by atoms with van der Waals surface area (Å²) in [5.41, 5.74) is 1.52. The predicted molar refractivity (Wildman–Crippen MR) is 88.3 cm³/mol. The van der Waals surface area contributed by atoms with Gasteiger partial charge >= 0.3 is 0 Å². The minimum atomic E-state index is -0.134. The molecular weight excluding hydrogens is 328 g/mol. The molecule has 3 aromatic rings. The van der Waals surface area contributed by atoms with Gasteiger partial charge in [-0.1, -0.05) is 0 Å². The molecule has 2 amide bonds. The number of rotatable bonds is 2. The maximum atomic E-state index is 12.6. The number of furan rings is 1. The van der Waals surface area contributed by atoms with E-state index in [0.717, 1.165) is 10.7 Å². The Balaban J connectivity index is 1.43. The van der Waals surface area contributed by atoms with E-state index in [1.54, 1.807) is 28.1 Å². The summed E-state index contributed by atoms with van der Waals surface area (Å²) in [5, 5.41) is 2.01. The first kappa shape index (κ1) is 14.9. The number of aryl methyl sites for hydroxylation is 1. The van der Waals surface area contributed by atoms with Crippen molar-refractivity contribution in [1.29, 1.82) is 0 Å². The number of aromatic nitrogens is 2. The third-order valence-electron chi connectivity index (χ3n) is 4.19. The van der Waals surface area contributed by atoms with Crippen LogP contribution in [0, 0.1) is 6.92 Å². The van der Waals surface area contributed by atoms with Gasteiger partial charge in [-0.25, -0.2) is 4.98 Å². The Hall–Kier alpha value is -2.61. The van der Waals surface area contributed by atoms with E-state index in [1.165, 1.54) is 17.6 Å². The van der Waals surface area contributed by atoms with Gasteiger partial charge in [0.25, 0.3) is 11.8 Å². The molecule has 0 aromatic carbocycles. The number of amides is 2. The first-order valence-electron chi connectivity index (χ1n) is 7.69. The van der Waals surface area contributed by atoms with Crippen LogP contribution in [0.2, 0.25) is 0 Å². The number of imidazole rings is 1. The molecule has 0 unspecified atom stereocenters. The smallest absolute Gasteiger partial charge is 0.289 e. The summed E-state index contributed by atoms with van der Waals surface area (Å²) in [5.74, 6) is 0.111. The largest absolute Gasteiger partial charge is 0.459 e. The summed E-state index contributed by atoms with van der Waals surface area (Å²) in [6, 6.07) is 3.35. The number of carbonyl (C=O) groups is 2. The highest BCUT2D eigenvalue weighted by molar-refractivity contribution is 7.15. The van der Waals surface area contributed by atoms with Crippen molar-refractivity contribution in [2.45, 2.75) is 6.92 Å². The van der Waals surface area contributed by atoms with Crippen molar-refractivity contribution in [2.75, 3.05) is 26.2 Å². The van der Waals surface area contributed by atoms with Gasteiger partial charge < -0.3 is 14.2 Å². The average Bonchev–Trinajstić information content (AvgIpc) is 3.33. The summed E-state index contributed by atoms with van der Waals surface area (Å²) >= 11 is 1.52. The number of hydrogen-bond donors (Lipinski definition) is 0. The second-order valence-electron chi connectivity index (χ2n) is 5.72. The highest BCUT2D eigenvalue weighted by Crippen LogP contribution is 2.18. The predicted octanol–water partition coefficient (Wildman–Crippen LogP) is 1.90. The van der Waals surface area contributed by atoms with Crippen molar-refractivity contribution in [3.05, 3.63) is 47.1 Å². The van der Waals surface area contributed by atoms with Crippen LogP contribution in [0.25, 0.3) is 4.96 Å². The van der Waals surface area contributed by atoms with Crippen molar-refractivity contribution in [3.63, 3.8) is 0 Å². The van der Waals surface area contributed by atoms with Gasteiger partial charge in [-0.3, -0.25) is 14.0 Å². The first-order chi connectivity index (χ1) is 11.6. The lowest BCUT2D eigenvalue weighted by Crippen LogP contribution is -2.50. The molecule has 0 spiro atoms. The summed E-state index contributed by atoms with van der Waals surface area (Å²) in [7, 11) is 0. The molecule has 1 saturated heterocycles. The molecule has 0 atom stereocenters. The monoisotopic (exact) mass is 344 g/mol. The zero-order valence-corrected chi connectivity index (χ0v) is 14.0.